The number of nitrogens with zero attached hydrogens (tertiary/aromatic N) is 5. The second kappa shape index (κ2) is 6.36. The van der Waals surface area contributed by atoms with E-state index < -0.39 is 0 Å². The monoisotopic (exact) mass is 325 g/mol. The van der Waals surface area contributed by atoms with Gasteiger partial charge in [-0.15, -0.1) is 5.10 Å². The number of hydrogen-bond acceptors (Lipinski definition) is 4. The Bertz CT molecular complexity index is 726. The van der Waals surface area contributed by atoms with E-state index in [1.807, 2.05) is 42.2 Å². The Morgan fingerprint density at radius 2 is 1.92 bits per heavy atom. The van der Waals surface area contributed by atoms with E-state index in [-0.39, 0.29) is 5.91 Å². The van der Waals surface area contributed by atoms with Gasteiger partial charge in [0.25, 0.3) is 5.91 Å². The first kappa shape index (κ1) is 15.3. The zero-order valence-electron chi connectivity index (χ0n) is 14.1. The largest absolute Gasteiger partial charge is 0.334 e. The van der Waals surface area contributed by atoms with Crippen molar-refractivity contribution < 1.29 is 4.79 Å². The third-order valence-corrected chi connectivity index (χ3v) is 5.10. The number of aryl methyl sites for hydroxylation is 1. The molecule has 0 unspecified atom stereocenters. The van der Waals surface area contributed by atoms with Gasteiger partial charge in [-0.2, -0.15) is 9.90 Å². The summed E-state index contributed by atoms with van der Waals surface area (Å²) < 4.78 is 0. The van der Waals surface area contributed by atoms with Crippen LogP contribution in [0.15, 0.2) is 30.3 Å². The van der Waals surface area contributed by atoms with Crippen LogP contribution in [-0.4, -0.2) is 62.9 Å². The second-order valence-electron chi connectivity index (χ2n) is 6.70. The Morgan fingerprint density at radius 3 is 2.75 bits per heavy atom. The number of para-hydroxylation sites is 1. The fraction of sp³-hybridized carbons (Fsp3) is 0.500. The van der Waals surface area contributed by atoms with Crippen LogP contribution in [0, 0.1) is 6.92 Å². The summed E-state index contributed by atoms with van der Waals surface area (Å²) in [5.74, 6) is 0.0138. The van der Waals surface area contributed by atoms with Crippen molar-refractivity contribution in [2.45, 2.75) is 32.2 Å². The minimum Gasteiger partial charge on any atom is -0.334 e. The number of rotatable bonds is 2. The molecule has 0 spiro atoms. The van der Waals surface area contributed by atoms with Gasteiger partial charge in [0.15, 0.2) is 5.69 Å². The third-order valence-electron chi connectivity index (χ3n) is 5.10. The lowest BCUT2D eigenvalue weighted by molar-refractivity contribution is 0.0367. The minimum absolute atomic E-state index is 0.0138. The van der Waals surface area contributed by atoms with Crippen LogP contribution in [0.5, 0.6) is 0 Å². The van der Waals surface area contributed by atoms with Crippen LogP contribution in [-0.2, 0) is 0 Å². The Labute approximate surface area is 142 Å². The normalized spacial score (nSPS) is 21.5. The van der Waals surface area contributed by atoms with Gasteiger partial charge in [0.05, 0.1) is 11.4 Å². The highest BCUT2D eigenvalue weighted by molar-refractivity contribution is 5.93. The van der Waals surface area contributed by atoms with Crippen molar-refractivity contribution in [2.24, 2.45) is 0 Å². The lowest BCUT2D eigenvalue weighted by atomic mass is 9.99. The van der Waals surface area contributed by atoms with Crippen LogP contribution in [0.1, 0.15) is 35.4 Å². The molecule has 2 aliphatic rings. The minimum atomic E-state index is 0.0138. The molecule has 2 aliphatic heterocycles. The molecule has 0 radical (unpaired) electrons. The second-order valence-corrected chi connectivity index (χ2v) is 6.70. The number of fused-ring (bicyclic) bond motifs is 1. The van der Waals surface area contributed by atoms with E-state index in [0.717, 1.165) is 25.3 Å². The Hall–Kier alpha value is -2.21. The Kier molecular flexibility index (Phi) is 4.06. The summed E-state index contributed by atoms with van der Waals surface area (Å²) >= 11 is 0. The SMILES string of the molecule is Cc1nn(-c2ccccc2)nc1C(=O)N1CCN2CCCC[C@H]2C1. The fourth-order valence-corrected chi connectivity index (χ4v) is 3.74. The van der Waals surface area contributed by atoms with Gasteiger partial charge in [0.2, 0.25) is 0 Å². The van der Waals surface area contributed by atoms with E-state index in [1.165, 1.54) is 25.8 Å². The summed E-state index contributed by atoms with van der Waals surface area (Å²) in [4.78, 5) is 19.0. The number of carbonyl (C=O) groups is 1. The average Bonchev–Trinajstić information content (AvgIpc) is 3.03. The smallest absolute Gasteiger partial charge is 0.276 e. The van der Waals surface area contributed by atoms with Crippen molar-refractivity contribution in [1.82, 2.24) is 24.8 Å². The number of amides is 1. The van der Waals surface area contributed by atoms with E-state index in [0.29, 0.717) is 17.4 Å². The first-order valence-corrected chi connectivity index (χ1v) is 8.75. The number of piperazine rings is 1. The third kappa shape index (κ3) is 2.82. The van der Waals surface area contributed by atoms with Crippen LogP contribution < -0.4 is 0 Å². The Balaban J connectivity index is 1.53. The molecular formula is C18H23N5O. The molecule has 0 N–H and O–H groups in total. The van der Waals surface area contributed by atoms with Crippen molar-refractivity contribution in [3.05, 3.63) is 41.7 Å². The lowest BCUT2D eigenvalue weighted by Crippen LogP contribution is -2.56. The predicted molar refractivity (Wildman–Crippen MR) is 91.2 cm³/mol. The predicted octanol–water partition coefficient (Wildman–Crippen LogP) is 1.89. The first-order chi connectivity index (χ1) is 11.7. The summed E-state index contributed by atoms with van der Waals surface area (Å²) in [5.41, 5.74) is 2.04. The molecule has 1 atom stereocenters. The summed E-state index contributed by atoms with van der Waals surface area (Å²) in [6.45, 7) is 5.61. The zero-order valence-corrected chi connectivity index (χ0v) is 14.1. The molecule has 0 saturated carbocycles. The van der Waals surface area contributed by atoms with Crippen molar-refractivity contribution in [3.8, 4) is 5.69 Å². The molecule has 2 saturated heterocycles. The van der Waals surface area contributed by atoms with Crippen LogP contribution in [0.2, 0.25) is 0 Å². The number of aromatic nitrogens is 3. The molecule has 1 aromatic heterocycles. The number of piperidine rings is 1. The highest BCUT2D eigenvalue weighted by Gasteiger charge is 2.32. The summed E-state index contributed by atoms with van der Waals surface area (Å²) in [6, 6.07) is 10.2. The molecular weight excluding hydrogens is 302 g/mol. The molecule has 2 fully saturated rings. The number of carbonyl (C=O) groups excluding carboxylic acids is 1. The molecule has 1 amide bonds. The quantitative estimate of drug-likeness (QED) is 0.846. The lowest BCUT2D eigenvalue weighted by Gasteiger charge is -2.43. The zero-order chi connectivity index (χ0) is 16.5. The van der Waals surface area contributed by atoms with Crippen molar-refractivity contribution in [2.75, 3.05) is 26.2 Å². The van der Waals surface area contributed by atoms with Gasteiger partial charge in [0, 0.05) is 25.7 Å². The molecule has 3 heterocycles. The molecule has 0 bridgehead atoms. The van der Waals surface area contributed by atoms with Crippen molar-refractivity contribution in [3.63, 3.8) is 0 Å². The van der Waals surface area contributed by atoms with E-state index >= 15 is 0 Å². The van der Waals surface area contributed by atoms with Crippen molar-refractivity contribution >= 4 is 5.91 Å². The van der Waals surface area contributed by atoms with Gasteiger partial charge in [-0.25, -0.2) is 0 Å². The van der Waals surface area contributed by atoms with Crippen LogP contribution in [0.4, 0.5) is 0 Å². The van der Waals surface area contributed by atoms with E-state index in [4.69, 9.17) is 0 Å². The molecule has 1 aromatic carbocycles. The van der Waals surface area contributed by atoms with Crippen LogP contribution in [0.3, 0.4) is 0 Å². The van der Waals surface area contributed by atoms with Gasteiger partial charge in [-0.3, -0.25) is 9.69 Å². The number of benzene rings is 1. The topological polar surface area (TPSA) is 54.3 Å². The standard InChI is InChI=1S/C18H23N5O/c1-14-17(20-23(19-14)15-7-3-2-4-8-15)18(24)22-12-11-21-10-6-5-9-16(21)13-22/h2-4,7-8,16H,5-6,9-13H2,1H3/t16-/m0/s1. The van der Waals surface area contributed by atoms with E-state index in [9.17, 15) is 4.79 Å². The highest BCUT2D eigenvalue weighted by Crippen LogP contribution is 2.22. The molecule has 4 rings (SSSR count). The van der Waals surface area contributed by atoms with Gasteiger partial charge in [0.1, 0.15) is 0 Å². The van der Waals surface area contributed by atoms with Crippen molar-refractivity contribution in [1.29, 1.82) is 0 Å². The molecule has 0 aliphatic carbocycles. The summed E-state index contributed by atoms with van der Waals surface area (Å²) in [6.07, 6.45) is 3.75. The van der Waals surface area contributed by atoms with Gasteiger partial charge in [-0.05, 0) is 38.4 Å². The Morgan fingerprint density at radius 1 is 1.08 bits per heavy atom. The average molecular weight is 325 g/mol. The van der Waals surface area contributed by atoms with E-state index in [2.05, 4.69) is 15.1 Å². The molecule has 6 heteroatoms. The molecule has 6 nitrogen and oxygen atoms in total. The molecule has 24 heavy (non-hydrogen) atoms. The van der Waals surface area contributed by atoms with Gasteiger partial charge in [-0.1, -0.05) is 24.6 Å². The fourth-order valence-electron chi connectivity index (χ4n) is 3.74. The van der Waals surface area contributed by atoms with Crippen LogP contribution >= 0.6 is 0 Å². The maximum Gasteiger partial charge on any atom is 0.276 e. The number of hydrogen-bond donors (Lipinski definition) is 0. The van der Waals surface area contributed by atoms with Crippen LogP contribution in [0.25, 0.3) is 5.69 Å². The first-order valence-electron chi connectivity index (χ1n) is 8.75. The maximum atomic E-state index is 12.9. The highest BCUT2D eigenvalue weighted by atomic mass is 16.2. The molecule has 2 aromatic rings. The summed E-state index contributed by atoms with van der Waals surface area (Å²) in [5, 5.41) is 8.89. The maximum absolute atomic E-state index is 12.9. The van der Waals surface area contributed by atoms with E-state index in [1.54, 1.807) is 4.80 Å². The van der Waals surface area contributed by atoms with Gasteiger partial charge >= 0.3 is 0 Å². The van der Waals surface area contributed by atoms with Gasteiger partial charge < -0.3 is 4.90 Å². The summed E-state index contributed by atoms with van der Waals surface area (Å²) in [7, 11) is 0. The molecule has 126 valence electrons.